The van der Waals surface area contributed by atoms with E-state index in [0.717, 1.165) is 43.0 Å². The fourth-order valence-corrected chi connectivity index (χ4v) is 3.77. The highest BCUT2D eigenvalue weighted by Gasteiger charge is 2.31. The van der Waals surface area contributed by atoms with Crippen LogP contribution in [0.2, 0.25) is 0 Å². The third-order valence-electron chi connectivity index (χ3n) is 5.22. The molecule has 1 aromatic carbocycles. The number of carbonyl (C=O) groups is 2. The van der Waals surface area contributed by atoms with Gasteiger partial charge in [-0.15, -0.1) is 10.2 Å². The first-order chi connectivity index (χ1) is 13.2. The van der Waals surface area contributed by atoms with E-state index in [1.807, 2.05) is 6.07 Å². The first-order valence-electron chi connectivity index (χ1n) is 9.32. The lowest BCUT2D eigenvalue weighted by atomic mass is 9.89. The van der Waals surface area contributed by atoms with Crippen LogP contribution in [0.1, 0.15) is 48.8 Å². The van der Waals surface area contributed by atoms with Crippen LogP contribution in [0.3, 0.4) is 0 Å². The van der Waals surface area contributed by atoms with Crippen molar-refractivity contribution in [3.63, 3.8) is 0 Å². The van der Waals surface area contributed by atoms with Crippen LogP contribution in [-0.2, 0) is 29.1 Å². The minimum absolute atomic E-state index is 0.115. The quantitative estimate of drug-likeness (QED) is 0.856. The van der Waals surface area contributed by atoms with Gasteiger partial charge < -0.3 is 19.9 Å². The average molecular weight is 369 g/mol. The predicted octanol–water partition coefficient (Wildman–Crippen LogP) is 1.76. The van der Waals surface area contributed by atoms with Crippen molar-refractivity contribution < 1.29 is 14.3 Å². The predicted molar refractivity (Wildman–Crippen MR) is 98.4 cm³/mol. The Hall–Kier alpha value is -2.90. The largest absolute Gasteiger partial charge is 0.497 e. The zero-order chi connectivity index (χ0) is 18.8. The first kappa shape index (κ1) is 17.5. The Morgan fingerprint density at radius 2 is 2.22 bits per heavy atom. The van der Waals surface area contributed by atoms with E-state index in [1.165, 1.54) is 6.42 Å². The van der Waals surface area contributed by atoms with E-state index in [-0.39, 0.29) is 18.2 Å². The summed E-state index contributed by atoms with van der Waals surface area (Å²) in [7, 11) is 1.58. The lowest BCUT2D eigenvalue weighted by Crippen LogP contribution is -2.35. The van der Waals surface area contributed by atoms with E-state index < -0.39 is 5.92 Å². The second kappa shape index (κ2) is 7.38. The van der Waals surface area contributed by atoms with Gasteiger partial charge in [0.2, 0.25) is 11.8 Å². The molecule has 0 unspecified atom stereocenters. The lowest BCUT2D eigenvalue weighted by molar-refractivity contribution is -0.126. The summed E-state index contributed by atoms with van der Waals surface area (Å²) in [5, 5.41) is 14.3. The first-order valence-corrected chi connectivity index (χ1v) is 9.32. The second-order valence-corrected chi connectivity index (χ2v) is 6.97. The molecule has 0 spiro atoms. The molecular formula is C19H23N5O3. The van der Waals surface area contributed by atoms with Crippen molar-refractivity contribution >= 4 is 17.5 Å². The Balaban J connectivity index is 1.51. The molecule has 2 aromatic rings. The minimum Gasteiger partial charge on any atom is -0.497 e. The van der Waals surface area contributed by atoms with Gasteiger partial charge in [0.1, 0.15) is 11.6 Å². The molecule has 0 bridgehead atoms. The number of benzene rings is 1. The number of hydrogen-bond donors (Lipinski definition) is 2. The molecule has 8 nitrogen and oxygen atoms in total. The zero-order valence-corrected chi connectivity index (χ0v) is 15.3. The molecule has 27 heavy (non-hydrogen) atoms. The molecule has 1 aromatic heterocycles. The number of aryl methyl sites for hydroxylation is 1. The standard InChI is InChI=1S/C19H23N5O3/c1-27-12-6-7-15-13(9-12)14(10-18(25)21-15)19(26)20-11-17-23-22-16-5-3-2-4-8-24(16)17/h6-7,9,14H,2-5,8,10-11H2,1H3,(H,20,26)(H,21,25)/t14-/m1/s1. The topological polar surface area (TPSA) is 98.1 Å². The van der Waals surface area contributed by atoms with Crippen molar-refractivity contribution in [2.45, 2.75) is 51.1 Å². The minimum atomic E-state index is -0.546. The number of amides is 2. The van der Waals surface area contributed by atoms with Crippen LogP contribution >= 0.6 is 0 Å². The molecular weight excluding hydrogens is 346 g/mol. The number of nitrogens with one attached hydrogen (secondary N) is 2. The summed E-state index contributed by atoms with van der Waals surface area (Å²) in [5.74, 6) is 1.52. The Morgan fingerprint density at radius 3 is 3.07 bits per heavy atom. The summed E-state index contributed by atoms with van der Waals surface area (Å²) in [6.45, 7) is 1.20. The van der Waals surface area contributed by atoms with Gasteiger partial charge >= 0.3 is 0 Å². The molecule has 2 aliphatic heterocycles. The van der Waals surface area contributed by atoms with E-state index in [0.29, 0.717) is 18.0 Å². The van der Waals surface area contributed by atoms with Gasteiger partial charge in [-0.25, -0.2) is 0 Å². The molecule has 142 valence electrons. The van der Waals surface area contributed by atoms with Gasteiger partial charge in [-0.1, -0.05) is 6.42 Å². The maximum atomic E-state index is 12.8. The molecule has 2 amide bonds. The van der Waals surface area contributed by atoms with Gasteiger partial charge in [-0.2, -0.15) is 0 Å². The Bertz CT molecular complexity index is 876. The van der Waals surface area contributed by atoms with Crippen LogP contribution < -0.4 is 15.4 Å². The average Bonchev–Trinajstić information content (AvgIpc) is 2.91. The molecule has 3 heterocycles. The molecule has 2 N–H and O–H groups in total. The number of carbonyl (C=O) groups excluding carboxylic acids is 2. The highest BCUT2D eigenvalue weighted by Crippen LogP contribution is 2.35. The van der Waals surface area contributed by atoms with Gasteiger partial charge in [0.15, 0.2) is 5.82 Å². The van der Waals surface area contributed by atoms with Crippen molar-refractivity contribution in [2.75, 3.05) is 12.4 Å². The summed E-state index contributed by atoms with van der Waals surface area (Å²) in [6, 6.07) is 5.34. The summed E-state index contributed by atoms with van der Waals surface area (Å²) in [4.78, 5) is 24.9. The Morgan fingerprint density at radius 1 is 1.33 bits per heavy atom. The van der Waals surface area contributed by atoms with Crippen LogP contribution in [0.5, 0.6) is 5.75 Å². The molecule has 0 fully saturated rings. The van der Waals surface area contributed by atoms with E-state index in [2.05, 4.69) is 25.4 Å². The van der Waals surface area contributed by atoms with Crippen molar-refractivity contribution in [1.82, 2.24) is 20.1 Å². The third kappa shape index (κ3) is 3.51. The normalized spacial score (nSPS) is 18.7. The van der Waals surface area contributed by atoms with Crippen LogP contribution in [0.4, 0.5) is 5.69 Å². The second-order valence-electron chi connectivity index (χ2n) is 6.97. The summed E-state index contributed by atoms with van der Waals surface area (Å²) in [5.41, 5.74) is 1.43. The monoisotopic (exact) mass is 369 g/mol. The van der Waals surface area contributed by atoms with Crippen molar-refractivity contribution in [1.29, 1.82) is 0 Å². The van der Waals surface area contributed by atoms with Crippen LogP contribution in [0.25, 0.3) is 0 Å². The highest BCUT2D eigenvalue weighted by molar-refractivity contribution is 6.01. The molecule has 4 rings (SSSR count). The number of hydrogen-bond acceptors (Lipinski definition) is 5. The molecule has 0 saturated carbocycles. The maximum absolute atomic E-state index is 12.8. The number of rotatable bonds is 4. The number of ether oxygens (including phenoxy) is 1. The number of nitrogens with zero attached hydrogens (tertiary/aromatic N) is 3. The van der Waals surface area contributed by atoms with E-state index >= 15 is 0 Å². The summed E-state index contributed by atoms with van der Waals surface area (Å²) < 4.78 is 7.37. The highest BCUT2D eigenvalue weighted by atomic mass is 16.5. The van der Waals surface area contributed by atoms with Crippen LogP contribution in [0.15, 0.2) is 18.2 Å². The molecule has 2 aliphatic rings. The van der Waals surface area contributed by atoms with Gasteiger partial charge in [-0.05, 0) is 36.6 Å². The number of aromatic nitrogens is 3. The summed E-state index contributed by atoms with van der Waals surface area (Å²) >= 11 is 0. The van der Waals surface area contributed by atoms with Crippen molar-refractivity contribution in [2.24, 2.45) is 0 Å². The number of anilines is 1. The molecule has 0 saturated heterocycles. The Kier molecular flexibility index (Phi) is 4.79. The smallest absolute Gasteiger partial charge is 0.228 e. The molecule has 0 aliphatic carbocycles. The molecule has 1 atom stereocenters. The van der Waals surface area contributed by atoms with Gasteiger partial charge in [0.05, 0.1) is 19.6 Å². The zero-order valence-electron chi connectivity index (χ0n) is 15.3. The number of fused-ring (bicyclic) bond motifs is 2. The van der Waals surface area contributed by atoms with Crippen LogP contribution in [-0.4, -0.2) is 33.7 Å². The van der Waals surface area contributed by atoms with Gasteiger partial charge in [0.25, 0.3) is 0 Å². The third-order valence-corrected chi connectivity index (χ3v) is 5.22. The SMILES string of the molecule is COc1ccc2c(c1)[C@H](C(=O)NCc1nnc3n1CCCCC3)CC(=O)N2. The van der Waals surface area contributed by atoms with Gasteiger partial charge in [-0.3, -0.25) is 9.59 Å². The molecule has 8 heteroatoms. The van der Waals surface area contributed by atoms with Crippen LogP contribution in [0, 0.1) is 0 Å². The Labute approximate surface area is 157 Å². The fourth-order valence-electron chi connectivity index (χ4n) is 3.77. The van der Waals surface area contributed by atoms with E-state index in [4.69, 9.17) is 4.74 Å². The van der Waals surface area contributed by atoms with Crippen molar-refractivity contribution in [3.8, 4) is 5.75 Å². The van der Waals surface area contributed by atoms with Crippen molar-refractivity contribution in [3.05, 3.63) is 35.4 Å². The molecule has 0 radical (unpaired) electrons. The lowest BCUT2D eigenvalue weighted by Gasteiger charge is -2.25. The van der Waals surface area contributed by atoms with E-state index in [9.17, 15) is 9.59 Å². The van der Waals surface area contributed by atoms with E-state index in [1.54, 1.807) is 19.2 Å². The summed E-state index contributed by atoms with van der Waals surface area (Å²) in [6.07, 6.45) is 4.45. The maximum Gasteiger partial charge on any atom is 0.228 e. The van der Waals surface area contributed by atoms with Gasteiger partial charge in [0, 0.05) is 25.1 Å². The number of methoxy groups -OCH3 is 1. The fraction of sp³-hybridized carbons (Fsp3) is 0.474.